The molecule has 1 heterocycles. The number of fused-ring (bicyclic) bond motifs is 1. The number of benzene rings is 1. The predicted octanol–water partition coefficient (Wildman–Crippen LogP) is 2.17. The Kier molecular flexibility index (Phi) is 2.65. The van der Waals surface area contributed by atoms with Crippen molar-refractivity contribution in [3.05, 3.63) is 23.8 Å². The summed E-state index contributed by atoms with van der Waals surface area (Å²) in [5.41, 5.74) is 2.15. The van der Waals surface area contributed by atoms with Crippen molar-refractivity contribution < 1.29 is 4.79 Å². The van der Waals surface area contributed by atoms with Crippen LogP contribution in [0.2, 0.25) is 0 Å². The first-order valence-corrected chi connectivity index (χ1v) is 5.51. The normalized spacial score (nSPS) is 13.5. The van der Waals surface area contributed by atoms with Crippen LogP contribution in [0.25, 0.3) is 0 Å². The van der Waals surface area contributed by atoms with E-state index in [2.05, 4.69) is 0 Å². The third-order valence-corrected chi connectivity index (χ3v) is 3.07. The maximum absolute atomic E-state index is 11.3. The number of rotatable bonds is 1. The standard InChI is InChI=1S/C11H10N2OS/c1-8(14)13-5-4-9-6-10(15-7-12)2-3-11(9)13/h2-3,6H,4-5H2,1H3. The average Bonchev–Trinajstić information content (AvgIpc) is 2.61. The van der Waals surface area contributed by atoms with Crippen molar-refractivity contribution in [2.45, 2.75) is 18.2 Å². The summed E-state index contributed by atoms with van der Waals surface area (Å²) in [5.74, 6) is 0.0782. The molecule has 3 nitrogen and oxygen atoms in total. The lowest BCUT2D eigenvalue weighted by Crippen LogP contribution is -2.25. The largest absolute Gasteiger partial charge is 0.312 e. The molecule has 0 bridgehead atoms. The number of hydrogen-bond acceptors (Lipinski definition) is 3. The zero-order chi connectivity index (χ0) is 10.8. The lowest BCUT2D eigenvalue weighted by molar-refractivity contribution is -0.116. The second-order valence-electron chi connectivity index (χ2n) is 3.40. The number of nitriles is 1. The van der Waals surface area contributed by atoms with Crippen molar-refractivity contribution in [2.75, 3.05) is 11.4 Å². The first-order valence-electron chi connectivity index (χ1n) is 4.69. The maximum Gasteiger partial charge on any atom is 0.223 e. The summed E-state index contributed by atoms with van der Waals surface area (Å²) in [6, 6.07) is 5.80. The van der Waals surface area contributed by atoms with E-state index in [-0.39, 0.29) is 5.91 Å². The molecule has 1 aromatic rings. The highest BCUT2D eigenvalue weighted by molar-refractivity contribution is 8.03. The molecule has 0 aromatic heterocycles. The third kappa shape index (κ3) is 1.83. The van der Waals surface area contributed by atoms with Gasteiger partial charge in [0.1, 0.15) is 5.40 Å². The fourth-order valence-corrected chi connectivity index (χ4v) is 2.26. The van der Waals surface area contributed by atoms with Crippen molar-refractivity contribution in [1.82, 2.24) is 0 Å². The molecular formula is C11H10N2OS. The Balaban J connectivity index is 2.34. The minimum Gasteiger partial charge on any atom is -0.312 e. The summed E-state index contributed by atoms with van der Waals surface area (Å²) in [6.45, 7) is 2.33. The van der Waals surface area contributed by atoms with Gasteiger partial charge in [0.05, 0.1) is 0 Å². The fraction of sp³-hybridized carbons (Fsp3) is 0.273. The van der Waals surface area contributed by atoms with Crippen LogP contribution in [-0.2, 0) is 11.2 Å². The number of carbonyl (C=O) groups is 1. The van der Waals surface area contributed by atoms with E-state index >= 15 is 0 Å². The molecule has 0 saturated carbocycles. The highest BCUT2D eigenvalue weighted by atomic mass is 32.2. The Morgan fingerprint density at radius 1 is 1.60 bits per heavy atom. The molecule has 0 atom stereocenters. The van der Waals surface area contributed by atoms with Gasteiger partial charge >= 0.3 is 0 Å². The van der Waals surface area contributed by atoms with Gasteiger partial charge in [-0.3, -0.25) is 4.79 Å². The van der Waals surface area contributed by atoms with Crippen LogP contribution in [0.5, 0.6) is 0 Å². The van der Waals surface area contributed by atoms with Crippen LogP contribution in [0, 0.1) is 10.7 Å². The van der Waals surface area contributed by atoms with Crippen molar-refractivity contribution in [2.24, 2.45) is 0 Å². The molecule has 1 aliphatic rings. The molecule has 0 spiro atoms. The number of anilines is 1. The van der Waals surface area contributed by atoms with Crippen LogP contribution in [0.3, 0.4) is 0 Å². The van der Waals surface area contributed by atoms with Gasteiger partial charge in [0, 0.05) is 24.1 Å². The molecule has 1 aromatic carbocycles. The summed E-state index contributed by atoms with van der Waals surface area (Å²) in [7, 11) is 0. The molecule has 0 fully saturated rings. The number of thioether (sulfide) groups is 1. The maximum atomic E-state index is 11.3. The molecule has 0 radical (unpaired) electrons. The van der Waals surface area contributed by atoms with E-state index in [4.69, 9.17) is 5.26 Å². The van der Waals surface area contributed by atoms with Gasteiger partial charge in [0.15, 0.2) is 0 Å². The Morgan fingerprint density at radius 3 is 3.07 bits per heavy atom. The summed E-state index contributed by atoms with van der Waals surface area (Å²) in [6.07, 6.45) is 0.884. The van der Waals surface area contributed by atoms with Crippen molar-refractivity contribution >= 4 is 23.4 Å². The first kappa shape index (κ1) is 10.1. The fourth-order valence-electron chi connectivity index (χ4n) is 1.82. The van der Waals surface area contributed by atoms with E-state index in [1.807, 2.05) is 23.6 Å². The van der Waals surface area contributed by atoms with Crippen molar-refractivity contribution in [3.8, 4) is 5.40 Å². The van der Waals surface area contributed by atoms with Gasteiger partial charge in [-0.1, -0.05) is 0 Å². The first-order chi connectivity index (χ1) is 7.22. The van der Waals surface area contributed by atoms with Gasteiger partial charge in [-0.2, -0.15) is 5.26 Å². The zero-order valence-electron chi connectivity index (χ0n) is 8.36. The van der Waals surface area contributed by atoms with Gasteiger partial charge in [0.25, 0.3) is 0 Å². The topological polar surface area (TPSA) is 44.1 Å². The summed E-state index contributed by atoms with van der Waals surface area (Å²) < 4.78 is 0. The van der Waals surface area contributed by atoms with Crippen LogP contribution in [0.15, 0.2) is 23.1 Å². The quantitative estimate of drug-likeness (QED) is 0.536. The van der Waals surface area contributed by atoms with Gasteiger partial charge in [-0.15, -0.1) is 0 Å². The van der Waals surface area contributed by atoms with E-state index in [9.17, 15) is 4.79 Å². The Labute approximate surface area is 92.7 Å². The second kappa shape index (κ2) is 3.95. The summed E-state index contributed by atoms with van der Waals surface area (Å²) in [4.78, 5) is 14.0. The molecule has 2 rings (SSSR count). The molecule has 0 unspecified atom stereocenters. The lowest BCUT2D eigenvalue weighted by atomic mass is 10.2. The third-order valence-electron chi connectivity index (χ3n) is 2.49. The van der Waals surface area contributed by atoms with Crippen LogP contribution >= 0.6 is 11.8 Å². The van der Waals surface area contributed by atoms with E-state index in [0.717, 1.165) is 40.9 Å². The van der Waals surface area contributed by atoms with Gasteiger partial charge in [0.2, 0.25) is 5.91 Å². The van der Waals surface area contributed by atoms with E-state index in [0.29, 0.717) is 0 Å². The van der Waals surface area contributed by atoms with Gasteiger partial charge in [-0.05, 0) is 41.9 Å². The van der Waals surface area contributed by atoms with E-state index < -0.39 is 0 Å². The van der Waals surface area contributed by atoms with Crippen LogP contribution in [0.1, 0.15) is 12.5 Å². The molecule has 1 amide bonds. The Bertz CT molecular complexity index is 450. The van der Waals surface area contributed by atoms with Crippen LogP contribution < -0.4 is 4.90 Å². The Hall–Kier alpha value is -1.47. The molecular weight excluding hydrogens is 208 g/mol. The number of carbonyl (C=O) groups excluding carboxylic acids is 1. The molecule has 0 aliphatic carbocycles. The molecule has 0 saturated heterocycles. The Morgan fingerprint density at radius 2 is 2.40 bits per heavy atom. The second-order valence-corrected chi connectivity index (χ2v) is 4.26. The highest BCUT2D eigenvalue weighted by Gasteiger charge is 2.21. The van der Waals surface area contributed by atoms with Crippen LogP contribution in [-0.4, -0.2) is 12.5 Å². The molecule has 15 heavy (non-hydrogen) atoms. The minimum absolute atomic E-state index is 0.0782. The van der Waals surface area contributed by atoms with Crippen molar-refractivity contribution in [1.29, 1.82) is 5.26 Å². The smallest absolute Gasteiger partial charge is 0.223 e. The number of nitrogens with zero attached hydrogens (tertiary/aromatic N) is 2. The van der Waals surface area contributed by atoms with Crippen LogP contribution in [0.4, 0.5) is 5.69 Å². The molecule has 4 heteroatoms. The number of hydrogen-bond donors (Lipinski definition) is 0. The highest BCUT2D eigenvalue weighted by Crippen LogP contribution is 2.31. The lowest BCUT2D eigenvalue weighted by Gasteiger charge is -2.14. The van der Waals surface area contributed by atoms with Crippen molar-refractivity contribution in [3.63, 3.8) is 0 Å². The van der Waals surface area contributed by atoms with E-state index in [1.54, 1.807) is 11.8 Å². The molecule has 0 N–H and O–H groups in total. The zero-order valence-corrected chi connectivity index (χ0v) is 9.17. The number of amides is 1. The summed E-state index contributed by atoms with van der Waals surface area (Å²) >= 11 is 1.15. The van der Waals surface area contributed by atoms with E-state index in [1.165, 1.54) is 0 Å². The monoisotopic (exact) mass is 218 g/mol. The number of thiocyanates is 1. The minimum atomic E-state index is 0.0782. The van der Waals surface area contributed by atoms with Gasteiger partial charge < -0.3 is 4.90 Å². The SMILES string of the molecule is CC(=O)N1CCc2cc(SC#N)ccc21. The average molecular weight is 218 g/mol. The summed E-state index contributed by atoms with van der Waals surface area (Å²) in [5, 5.41) is 10.6. The van der Waals surface area contributed by atoms with Gasteiger partial charge in [-0.25, -0.2) is 0 Å². The molecule has 1 aliphatic heterocycles. The predicted molar refractivity (Wildman–Crippen MR) is 59.6 cm³/mol. The molecule has 76 valence electrons.